The fourth-order valence-corrected chi connectivity index (χ4v) is 2.93. The zero-order valence-electron chi connectivity index (χ0n) is 12.3. The lowest BCUT2D eigenvalue weighted by Gasteiger charge is -2.42. The van der Waals surface area contributed by atoms with Crippen molar-refractivity contribution in [3.8, 4) is 0 Å². The molecule has 5 heteroatoms. The van der Waals surface area contributed by atoms with Gasteiger partial charge in [-0.2, -0.15) is 0 Å². The van der Waals surface area contributed by atoms with Gasteiger partial charge in [0.2, 0.25) is 0 Å². The Hall–Kier alpha value is -2.14. The Morgan fingerprint density at radius 1 is 1.32 bits per heavy atom. The molecule has 1 heterocycles. The zero-order chi connectivity index (χ0) is 15.6. The zero-order valence-corrected chi connectivity index (χ0v) is 12.3. The van der Waals surface area contributed by atoms with Gasteiger partial charge in [-0.25, -0.2) is 4.39 Å². The van der Waals surface area contributed by atoms with Crippen molar-refractivity contribution in [2.45, 2.75) is 31.2 Å². The number of furan rings is 1. The van der Waals surface area contributed by atoms with Crippen molar-refractivity contribution < 1.29 is 13.6 Å². The standard InChI is InChI=1S/C17H19FN2O2/c18-14-4-2-13(3-5-14)17(6-1-7-17)11-20-16(21)12-8-15(9-19)22-10-12/h2-5,8,10H,1,6-7,9,11,19H2,(H,20,21). The molecule has 1 aromatic carbocycles. The van der Waals surface area contributed by atoms with Crippen LogP contribution >= 0.6 is 0 Å². The molecule has 1 saturated carbocycles. The highest BCUT2D eigenvalue weighted by atomic mass is 19.1. The van der Waals surface area contributed by atoms with Crippen LogP contribution in [0.15, 0.2) is 41.0 Å². The molecule has 3 N–H and O–H groups in total. The molecule has 22 heavy (non-hydrogen) atoms. The summed E-state index contributed by atoms with van der Waals surface area (Å²) >= 11 is 0. The van der Waals surface area contributed by atoms with Gasteiger partial charge in [-0.05, 0) is 36.6 Å². The third kappa shape index (κ3) is 2.76. The number of hydrogen-bond acceptors (Lipinski definition) is 3. The van der Waals surface area contributed by atoms with Crippen LogP contribution in [-0.2, 0) is 12.0 Å². The number of amides is 1. The van der Waals surface area contributed by atoms with Gasteiger partial charge in [0, 0.05) is 12.0 Å². The number of carbonyl (C=O) groups excluding carboxylic acids is 1. The molecule has 0 saturated heterocycles. The highest BCUT2D eigenvalue weighted by molar-refractivity contribution is 5.94. The van der Waals surface area contributed by atoms with Gasteiger partial charge in [0.05, 0.1) is 12.1 Å². The minimum absolute atomic E-state index is 0.0796. The van der Waals surface area contributed by atoms with E-state index < -0.39 is 0 Å². The van der Waals surface area contributed by atoms with E-state index in [0.717, 1.165) is 24.8 Å². The minimum Gasteiger partial charge on any atom is -0.467 e. The first-order chi connectivity index (χ1) is 10.6. The fraction of sp³-hybridized carbons (Fsp3) is 0.353. The van der Waals surface area contributed by atoms with Crippen LogP contribution in [0.5, 0.6) is 0 Å². The third-order valence-corrected chi connectivity index (χ3v) is 4.47. The van der Waals surface area contributed by atoms with Crippen LogP contribution in [0.1, 0.15) is 40.9 Å². The van der Waals surface area contributed by atoms with Gasteiger partial charge in [-0.15, -0.1) is 0 Å². The second kappa shape index (κ2) is 5.93. The number of halogens is 1. The van der Waals surface area contributed by atoms with E-state index in [0.29, 0.717) is 17.9 Å². The van der Waals surface area contributed by atoms with Crippen molar-refractivity contribution in [3.05, 3.63) is 59.3 Å². The molecule has 1 aromatic heterocycles. The number of benzene rings is 1. The number of nitrogens with one attached hydrogen (secondary N) is 1. The van der Waals surface area contributed by atoms with Crippen molar-refractivity contribution >= 4 is 5.91 Å². The summed E-state index contributed by atoms with van der Waals surface area (Å²) in [6.45, 7) is 0.813. The highest BCUT2D eigenvalue weighted by Gasteiger charge is 2.38. The Kier molecular flexibility index (Phi) is 3.98. The SMILES string of the molecule is NCc1cc(C(=O)NCC2(c3ccc(F)cc3)CCC2)co1. The monoisotopic (exact) mass is 302 g/mol. The van der Waals surface area contributed by atoms with E-state index in [9.17, 15) is 9.18 Å². The maximum atomic E-state index is 13.1. The molecule has 0 atom stereocenters. The summed E-state index contributed by atoms with van der Waals surface area (Å²) in [4.78, 5) is 12.2. The smallest absolute Gasteiger partial charge is 0.254 e. The quantitative estimate of drug-likeness (QED) is 0.892. The molecule has 0 bridgehead atoms. The second-order valence-corrected chi connectivity index (χ2v) is 5.83. The summed E-state index contributed by atoms with van der Waals surface area (Å²) in [6.07, 6.45) is 4.54. The molecule has 3 rings (SSSR count). The Bertz CT molecular complexity index is 660. The molecule has 0 aliphatic heterocycles. The molecule has 4 nitrogen and oxygen atoms in total. The molecular weight excluding hydrogens is 283 g/mol. The number of rotatable bonds is 5. The van der Waals surface area contributed by atoms with E-state index in [1.54, 1.807) is 6.07 Å². The molecule has 1 fully saturated rings. The van der Waals surface area contributed by atoms with E-state index in [1.807, 2.05) is 12.1 Å². The lowest BCUT2D eigenvalue weighted by Crippen LogP contribution is -2.45. The van der Waals surface area contributed by atoms with Crippen molar-refractivity contribution in [3.63, 3.8) is 0 Å². The van der Waals surface area contributed by atoms with Gasteiger partial charge >= 0.3 is 0 Å². The maximum Gasteiger partial charge on any atom is 0.254 e. The van der Waals surface area contributed by atoms with E-state index in [4.69, 9.17) is 10.2 Å². The summed E-state index contributed by atoms with van der Waals surface area (Å²) in [6, 6.07) is 8.22. The second-order valence-electron chi connectivity index (χ2n) is 5.83. The van der Waals surface area contributed by atoms with Crippen LogP contribution in [0.3, 0.4) is 0 Å². The Labute approximate surface area is 128 Å². The molecule has 1 aliphatic rings. The Morgan fingerprint density at radius 3 is 2.59 bits per heavy atom. The Morgan fingerprint density at radius 2 is 2.05 bits per heavy atom. The largest absolute Gasteiger partial charge is 0.467 e. The summed E-state index contributed by atoms with van der Waals surface area (Å²) < 4.78 is 18.3. The van der Waals surface area contributed by atoms with Gasteiger partial charge in [0.15, 0.2) is 0 Å². The van der Waals surface area contributed by atoms with E-state index in [1.165, 1.54) is 18.4 Å². The van der Waals surface area contributed by atoms with Crippen LogP contribution in [0.2, 0.25) is 0 Å². The van der Waals surface area contributed by atoms with Gasteiger partial charge < -0.3 is 15.5 Å². The molecule has 116 valence electrons. The molecule has 2 aromatic rings. The summed E-state index contributed by atoms with van der Waals surface area (Å²) in [7, 11) is 0. The van der Waals surface area contributed by atoms with Crippen molar-refractivity contribution in [1.82, 2.24) is 5.32 Å². The third-order valence-electron chi connectivity index (χ3n) is 4.47. The van der Waals surface area contributed by atoms with Crippen LogP contribution in [0.25, 0.3) is 0 Å². The average molecular weight is 302 g/mol. The van der Waals surface area contributed by atoms with Gasteiger partial charge in [0.1, 0.15) is 17.8 Å². The topological polar surface area (TPSA) is 68.3 Å². The normalized spacial score (nSPS) is 16.1. The predicted molar refractivity (Wildman–Crippen MR) is 80.9 cm³/mol. The molecule has 0 unspecified atom stereocenters. The van der Waals surface area contributed by atoms with Crippen molar-refractivity contribution in [1.29, 1.82) is 0 Å². The molecule has 0 spiro atoms. The number of hydrogen-bond donors (Lipinski definition) is 2. The van der Waals surface area contributed by atoms with E-state index in [2.05, 4.69) is 5.32 Å². The van der Waals surface area contributed by atoms with Gasteiger partial charge in [0.25, 0.3) is 5.91 Å². The summed E-state index contributed by atoms with van der Waals surface area (Å²) in [5.41, 5.74) is 6.95. The van der Waals surface area contributed by atoms with Gasteiger partial charge in [-0.1, -0.05) is 18.6 Å². The minimum atomic E-state index is -0.241. The lowest BCUT2D eigenvalue weighted by molar-refractivity contribution is 0.0927. The first-order valence-electron chi connectivity index (χ1n) is 7.45. The fourth-order valence-electron chi connectivity index (χ4n) is 2.93. The number of carbonyl (C=O) groups is 1. The first-order valence-corrected chi connectivity index (χ1v) is 7.45. The average Bonchev–Trinajstić information content (AvgIpc) is 2.96. The highest BCUT2D eigenvalue weighted by Crippen LogP contribution is 2.43. The van der Waals surface area contributed by atoms with E-state index >= 15 is 0 Å². The van der Waals surface area contributed by atoms with Crippen LogP contribution < -0.4 is 11.1 Å². The molecular formula is C17H19FN2O2. The summed E-state index contributed by atoms with van der Waals surface area (Å²) in [5, 5.41) is 2.96. The van der Waals surface area contributed by atoms with Crippen molar-refractivity contribution in [2.75, 3.05) is 6.54 Å². The molecule has 0 radical (unpaired) electrons. The Balaban J connectivity index is 1.68. The van der Waals surface area contributed by atoms with Crippen LogP contribution in [0.4, 0.5) is 4.39 Å². The van der Waals surface area contributed by atoms with Crippen LogP contribution in [0, 0.1) is 5.82 Å². The summed E-state index contributed by atoms with van der Waals surface area (Å²) in [5.74, 6) is 0.175. The van der Waals surface area contributed by atoms with Crippen LogP contribution in [-0.4, -0.2) is 12.5 Å². The maximum absolute atomic E-state index is 13.1. The molecule has 1 amide bonds. The molecule has 1 aliphatic carbocycles. The number of nitrogens with two attached hydrogens (primary N) is 1. The lowest BCUT2D eigenvalue weighted by atomic mass is 9.64. The first kappa shape index (κ1) is 14.8. The van der Waals surface area contributed by atoms with Gasteiger partial charge in [-0.3, -0.25) is 4.79 Å². The predicted octanol–water partition coefficient (Wildman–Crippen LogP) is 2.73. The van der Waals surface area contributed by atoms with E-state index in [-0.39, 0.29) is 23.7 Å². The van der Waals surface area contributed by atoms with Crippen molar-refractivity contribution in [2.24, 2.45) is 5.73 Å².